The van der Waals surface area contributed by atoms with Gasteiger partial charge in [0, 0.05) is 16.6 Å². The summed E-state index contributed by atoms with van der Waals surface area (Å²) in [5, 5.41) is 9.31. The van der Waals surface area contributed by atoms with Crippen LogP contribution in [0.4, 0.5) is 0 Å². The van der Waals surface area contributed by atoms with Crippen molar-refractivity contribution in [1.82, 2.24) is 0 Å². The molecular formula is C14H25NOS. The smallest absolute Gasteiger partial charge is 0.0668 e. The van der Waals surface area contributed by atoms with E-state index in [1.165, 1.54) is 0 Å². The molecule has 0 amide bonds. The zero-order valence-electron chi connectivity index (χ0n) is 11.3. The van der Waals surface area contributed by atoms with Gasteiger partial charge in [-0.1, -0.05) is 33.6 Å². The number of nitrogens with zero attached hydrogens (tertiary/aromatic N) is 1. The van der Waals surface area contributed by atoms with Crippen molar-refractivity contribution in [1.29, 1.82) is 5.26 Å². The molecule has 1 aliphatic rings. The largest absolute Gasteiger partial charge is 0.259 e. The van der Waals surface area contributed by atoms with Gasteiger partial charge in [-0.2, -0.15) is 5.26 Å². The highest BCUT2D eigenvalue weighted by atomic mass is 32.2. The monoisotopic (exact) mass is 255 g/mol. The van der Waals surface area contributed by atoms with Gasteiger partial charge < -0.3 is 0 Å². The fourth-order valence-corrected chi connectivity index (χ4v) is 4.64. The predicted molar refractivity (Wildman–Crippen MR) is 73.0 cm³/mol. The normalized spacial score (nSPS) is 32.7. The van der Waals surface area contributed by atoms with Gasteiger partial charge in [0.1, 0.15) is 0 Å². The van der Waals surface area contributed by atoms with E-state index in [4.69, 9.17) is 0 Å². The molecule has 0 aromatic rings. The second-order valence-electron chi connectivity index (χ2n) is 5.42. The summed E-state index contributed by atoms with van der Waals surface area (Å²) >= 11 is 0. The summed E-state index contributed by atoms with van der Waals surface area (Å²) in [5.74, 6) is 2.00. The van der Waals surface area contributed by atoms with Crippen LogP contribution in [0.1, 0.15) is 52.9 Å². The molecule has 0 aromatic carbocycles. The average molecular weight is 255 g/mol. The van der Waals surface area contributed by atoms with Crippen molar-refractivity contribution in [3.05, 3.63) is 0 Å². The lowest BCUT2D eigenvalue weighted by molar-refractivity contribution is 0.313. The van der Waals surface area contributed by atoms with Crippen molar-refractivity contribution in [3.63, 3.8) is 0 Å². The lowest BCUT2D eigenvalue weighted by Gasteiger charge is -2.32. The van der Waals surface area contributed by atoms with Gasteiger partial charge in [-0.25, -0.2) is 0 Å². The molecule has 0 bridgehead atoms. The summed E-state index contributed by atoms with van der Waals surface area (Å²) in [6.45, 7) is 6.49. The molecule has 1 saturated carbocycles. The zero-order chi connectivity index (χ0) is 12.8. The third-order valence-electron chi connectivity index (χ3n) is 4.13. The lowest BCUT2D eigenvalue weighted by atomic mass is 9.81. The first-order valence-electron chi connectivity index (χ1n) is 6.89. The molecule has 0 radical (unpaired) electrons. The van der Waals surface area contributed by atoms with E-state index in [-0.39, 0.29) is 11.2 Å². The van der Waals surface area contributed by atoms with Crippen LogP contribution >= 0.6 is 0 Å². The Labute approximate surface area is 108 Å². The number of rotatable bonds is 5. The molecule has 5 atom stereocenters. The van der Waals surface area contributed by atoms with E-state index in [9.17, 15) is 9.47 Å². The van der Waals surface area contributed by atoms with Crippen LogP contribution in [-0.2, 0) is 10.8 Å². The average Bonchev–Trinajstić information content (AvgIpc) is 2.37. The molecule has 0 aliphatic heterocycles. The van der Waals surface area contributed by atoms with Crippen LogP contribution in [0.3, 0.4) is 0 Å². The first-order valence-corrected chi connectivity index (χ1v) is 8.27. The van der Waals surface area contributed by atoms with Crippen molar-refractivity contribution in [2.45, 2.75) is 58.1 Å². The third-order valence-corrected chi connectivity index (χ3v) is 6.22. The van der Waals surface area contributed by atoms with E-state index in [1.54, 1.807) is 0 Å². The topological polar surface area (TPSA) is 40.9 Å². The van der Waals surface area contributed by atoms with Crippen molar-refractivity contribution in [2.75, 3.05) is 5.75 Å². The molecule has 5 unspecified atom stereocenters. The Morgan fingerprint density at radius 3 is 2.65 bits per heavy atom. The molecule has 17 heavy (non-hydrogen) atoms. The van der Waals surface area contributed by atoms with Crippen LogP contribution in [0.15, 0.2) is 0 Å². The maximum absolute atomic E-state index is 12.4. The predicted octanol–water partition coefficient (Wildman–Crippen LogP) is 3.50. The summed E-state index contributed by atoms with van der Waals surface area (Å²) in [7, 11) is -0.811. The van der Waals surface area contributed by atoms with E-state index in [0.29, 0.717) is 11.8 Å². The summed E-state index contributed by atoms with van der Waals surface area (Å²) in [5.41, 5.74) is 0. The van der Waals surface area contributed by atoms with Crippen LogP contribution in [0.25, 0.3) is 0 Å². The molecule has 1 aliphatic carbocycles. The maximum Gasteiger partial charge on any atom is 0.0668 e. The highest BCUT2D eigenvalue weighted by molar-refractivity contribution is 7.85. The number of hydrogen-bond donors (Lipinski definition) is 0. The van der Waals surface area contributed by atoms with Gasteiger partial charge in [0.05, 0.1) is 17.2 Å². The molecule has 2 nitrogen and oxygen atoms in total. The van der Waals surface area contributed by atoms with Crippen LogP contribution in [0.5, 0.6) is 0 Å². The van der Waals surface area contributed by atoms with E-state index in [1.807, 2.05) is 0 Å². The molecule has 0 aromatic heterocycles. The first kappa shape index (κ1) is 14.7. The number of hydrogen-bond acceptors (Lipinski definition) is 2. The van der Waals surface area contributed by atoms with Crippen molar-refractivity contribution in [2.24, 2.45) is 17.8 Å². The molecule has 0 heterocycles. The molecule has 0 spiro atoms. The number of nitriles is 1. The van der Waals surface area contributed by atoms with Crippen molar-refractivity contribution >= 4 is 10.8 Å². The summed E-state index contributed by atoms with van der Waals surface area (Å²) in [6.07, 6.45) is 5.33. The van der Waals surface area contributed by atoms with E-state index < -0.39 is 10.8 Å². The fourth-order valence-electron chi connectivity index (χ4n) is 2.54. The van der Waals surface area contributed by atoms with Crippen LogP contribution in [0.2, 0.25) is 0 Å². The summed E-state index contributed by atoms with van der Waals surface area (Å²) < 4.78 is 12.4. The molecule has 1 fully saturated rings. The van der Waals surface area contributed by atoms with Gasteiger partial charge >= 0.3 is 0 Å². The van der Waals surface area contributed by atoms with Crippen LogP contribution < -0.4 is 0 Å². The first-order chi connectivity index (χ1) is 8.12. The summed E-state index contributed by atoms with van der Waals surface area (Å²) in [4.78, 5) is 0. The second kappa shape index (κ2) is 7.16. The Bertz CT molecular complexity index is 297. The minimum absolute atomic E-state index is 0.0303. The van der Waals surface area contributed by atoms with Gasteiger partial charge in [0.25, 0.3) is 0 Å². The second-order valence-corrected chi connectivity index (χ2v) is 7.12. The van der Waals surface area contributed by atoms with Gasteiger partial charge in [0.2, 0.25) is 0 Å². The van der Waals surface area contributed by atoms with E-state index >= 15 is 0 Å². The fraction of sp³-hybridized carbons (Fsp3) is 0.929. The molecule has 98 valence electrons. The summed E-state index contributed by atoms with van der Waals surface area (Å²) in [6, 6.07) is 2.38. The Morgan fingerprint density at radius 1 is 1.41 bits per heavy atom. The van der Waals surface area contributed by atoms with E-state index in [0.717, 1.165) is 37.9 Å². The molecule has 0 N–H and O–H groups in total. The van der Waals surface area contributed by atoms with E-state index in [2.05, 4.69) is 26.8 Å². The van der Waals surface area contributed by atoms with Crippen LogP contribution in [0, 0.1) is 29.1 Å². The molecule has 3 heteroatoms. The highest BCUT2D eigenvalue weighted by Gasteiger charge is 2.34. The molecule has 0 saturated heterocycles. The SMILES string of the molecule is CCC(C)CS(=O)C1CC(CC)CCC1C#N. The van der Waals surface area contributed by atoms with Gasteiger partial charge in [0.15, 0.2) is 0 Å². The van der Waals surface area contributed by atoms with Gasteiger partial charge in [-0.3, -0.25) is 4.21 Å². The lowest BCUT2D eigenvalue weighted by Crippen LogP contribution is -2.34. The van der Waals surface area contributed by atoms with Crippen molar-refractivity contribution < 1.29 is 4.21 Å². The Hall–Kier alpha value is -0.360. The maximum atomic E-state index is 12.4. The van der Waals surface area contributed by atoms with Gasteiger partial charge in [-0.15, -0.1) is 0 Å². The Balaban J connectivity index is 2.63. The Kier molecular flexibility index (Phi) is 6.19. The molecular weight excluding hydrogens is 230 g/mol. The van der Waals surface area contributed by atoms with Gasteiger partial charge in [-0.05, 0) is 31.1 Å². The zero-order valence-corrected chi connectivity index (χ0v) is 12.1. The highest BCUT2D eigenvalue weighted by Crippen LogP contribution is 2.34. The third kappa shape index (κ3) is 4.10. The van der Waals surface area contributed by atoms with Crippen molar-refractivity contribution in [3.8, 4) is 6.07 Å². The quantitative estimate of drug-likeness (QED) is 0.754. The molecule has 1 rings (SSSR count). The minimum atomic E-state index is -0.811. The van der Waals surface area contributed by atoms with Crippen LogP contribution in [-0.4, -0.2) is 15.2 Å². The standard InChI is InChI=1S/C14H25NOS/c1-4-11(3)10-17(16)14-8-12(5-2)6-7-13(14)9-15/h11-14H,4-8,10H2,1-3H3. The Morgan fingerprint density at radius 2 is 2.12 bits per heavy atom. The minimum Gasteiger partial charge on any atom is -0.259 e.